The van der Waals surface area contributed by atoms with Crippen LogP contribution in [0.3, 0.4) is 0 Å². The highest BCUT2D eigenvalue weighted by molar-refractivity contribution is 7.20. The SMILES string of the molecule is CN(C(=O)c1cc2ccccc2s1)C1CCCCC1CN. The molecule has 0 aliphatic heterocycles. The summed E-state index contributed by atoms with van der Waals surface area (Å²) in [5, 5.41) is 1.15. The fourth-order valence-electron chi connectivity index (χ4n) is 3.38. The van der Waals surface area contributed by atoms with Gasteiger partial charge in [-0.15, -0.1) is 11.3 Å². The van der Waals surface area contributed by atoms with Crippen LogP contribution in [0.1, 0.15) is 35.4 Å². The van der Waals surface area contributed by atoms with Gasteiger partial charge in [0, 0.05) is 17.8 Å². The average molecular weight is 302 g/mol. The number of amides is 1. The number of thiophene rings is 1. The maximum Gasteiger partial charge on any atom is 0.263 e. The van der Waals surface area contributed by atoms with Crippen LogP contribution in [0.15, 0.2) is 30.3 Å². The largest absolute Gasteiger partial charge is 0.338 e. The van der Waals surface area contributed by atoms with Gasteiger partial charge in [-0.05, 0) is 42.8 Å². The molecule has 2 aromatic rings. The van der Waals surface area contributed by atoms with Crippen molar-refractivity contribution < 1.29 is 4.79 Å². The van der Waals surface area contributed by atoms with E-state index in [1.165, 1.54) is 17.5 Å². The first-order chi connectivity index (χ1) is 10.2. The van der Waals surface area contributed by atoms with E-state index in [1.807, 2.05) is 30.1 Å². The number of hydrogen-bond donors (Lipinski definition) is 1. The molecule has 112 valence electrons. The maximum absolute atomic E-state index is 12.8. The molecule has 4 heteroatoms. The molecule has 0 saturated heterocycles. The van der Waals surface area contributed by atoms with Crippen LogP contribution in [0.5, 0.6) is 0 Å². The van der Waals surface area contributed by atoms with E-state index >= 15 is 0 Å². The zero-order valence-electron chi connectivity index (χ0n) is 12.4. The molecule has 0 spiro atoms. The summed E-state index contributed by atoms with van der Waals surface area (Å²) in [4.78, 5) is 15.5. The van der Waals surface area contributed by atoms with Gasteiger partial charge >= 0.3 is 0 Å². The molecule has 0 bridgehead atoms. The van der Waals surface area contributed by atoms with E-state index in [0.29, 0.717) is 18.5 Å². The summed E-state index contributed by atoms with van der Waals surface area (Å²) in [6, 6.07) is 10.5. The molecular weight excluding hydrogens is 280 g/mol. The van der Waals surface area contributed by atoms with Gasteiger partial charge in [0.25, 0.3) is 5.91 Å². The van der Waals surface area contributed by atoms with Crippen molar-refractivity contribution in [3.05, 3.63) is 35.2 Å². The van der Waals surface area contributed by atoms with Crippen molar-refractivity contribution in [3.63, 3.8) is 0 Å². The smallest absolute Gasteiger partial charge is 0.263 e. The van der Waals surface area contributed by atoms with Crippen LogP contribution >= 0.6 is 11.3 Å². The first kappa shape index (κ1) is 14.5. The number of carbonyl (C=O) groups excluding carboxylic acids is 1. The Hall–Kier alpha value is -1.39. The Morgan fingerprint density at radius 1 is 1.33 bits per heavy atom. The summed E-state index contributed by atoms with van der Waals surface area (Å²) in [6.45, 7) is 0.675. The van der Waals surface area contributed by atoms with Crippen molar-refractivity contribution in [2.24, 2.45) is 11.7 Å². The third-order valence-corrected chi connectivity index (χ3v) is 5.73. The second-order valence-corrected chi connectivity index (χ2v) is 7.00. The maximum atomic E-state index is 12.8. The van der Waals surface area contributed by atoms with Gasteiger partial charge in [0.2, 0.25) is 0 Å². The van der Waals surface area contributed by atoms with Crippen LogP contribution in [0.2, 0.25) is 0 Å². The molecule has 1 heterocycles. The Kier molecular flexibility index (Phi) is 4.27. The number of nitrogens with two attached hydrogens (primary N) is 1. The van der Waals surface area contributed by atoms with E-state index in [2.05, 4.69) is 12.1 Å². The standard InChI is InChI=1S/C17H22N2OS/c1-19(14-8-4-2-7-13(14)11-18)17(20)16-10-12-6-3-5-9-15(12)21-16/h3,5-6,9-10,13-14H,2,4,7-8,11,18H2,1H3. The Morgan fingerprint density at radius 3 is 2.86 bits per heavy atom. The molecule has 2 atom stereocenters. The molecule has 3 nitrogen and oxygen atoms in total. The topological polar surface area (TPSA) is 46.3 Å². The molecule has 2 N–H and O–H groups in total. The summed E-state index contributed by atoms with van der Waals surface area (Å²) < 4.78 is 1.17. The lowest BCUT2D eigenvalue weighted by atomic mass is 9.83. The van der Waals surface area contributed by atoms with Crippen molar-refractivity contribution in [2.45, 2.75) is 31.7 Å². The average Bonchev–Trinajstić information content (AvgIpc) is 2.97. The molecule has 3 rings (SSSR count). The highest BCUT2D eigenvalue weighted by Gasteiger charge is 2.30. The molecule has 21 heavy (non-hydrogen) atoms. The zero-order chi connectivity index (χ0) is 14.8. The molecule has 1 aliphatic carbocycles. The monoisotopic (exact) mass is 302 g/mol. The van der Waals surface area contributed by atoms with Gasteiger partial charge in [-0.2, -0.15) is 0 Å². The molecule has 0 radical (unpaired) electrons. The zero-order valence-corrected chi connectivity index (χ0v) is 13.2. The van der Waals surface area contributed by atoms with Crippen molar-refractivity contribution in [2.75, 3.05) is 13.6 Å². The van der Waals surface area contributed by atoms with E-state index in [0.717, 1.165) is 23.1 Å². The Bertz CT molecular complexity index is 604. The van der Waals surface area contributed by atoms with Crippen molar-refractivity contribution >= 4 is 27.3 Å². The summed E-state index contributed by atoms with van der Waals surface area (Å²) in [5.74, 6) is 0.587. The van der Waals surface area contributed by atoms with E-state index in [1.54, 1.807) is 11.3 Å². The van der Waals surface area contributed by atoms with Gasteiger partial charge in [-0.1, -0.05) is 31.0 Å². The van der Waals surface area contributed by atoms with Crippen LogP contribution in [0.4, 0.5) is 0 Å². The fraction of sp³-hybridized carbons (Fsp3) is 0.471. The molecule has 2 unspecified atom stereocenters. The lowest BCUT2D eigenvalue weighted by molar-refractivity contribution is 0.0625. The van der Waals surface area contributed by atoms with Crippen LogP contribution in [-0.2, 0) is 0 Å². The summed E-state index contributed by atoms with van der Waals surface area (Å²) in [5.41, 5.74) is 5.90. The molecule has 1 aromatic heterocycles. The van der Waals surface area contributed by atoms with Gasteiger partial charge in [0.1, 0.15) is 0 Å². The second-order valence-electron chi connectivity index (χ2n) is 5.91. The first-order valence-electron chi connectivity index (χ1n) is 7.66. The number of benzene rings is 1. The van der Waals surface area contributed by atoms with Gasteiger partial charge in [0.15, 0.2) is 0 Å². The minimum atomic E-state index is 0.140. The van der Waals surface area contributed by atoms with E-state index in [9.17, 15) is 4.79 Å². The predicted octanol–water partition coefficient (Wildman–Crippen LogP) is 3.49. The Morgan fingerprint density at radius 2 is 2.10 bits per heavy atom. The van der Waals surface area contributed by atoms with Crippen LogP contribution < -0.4 is 5.73 Å². The molecule has 1 fully saturated rings. The predicted molar refractivity (Wildman–Crippen MR) is 88.7 cm³/mol. The molecular formula is C17H22N2OS. The number of rotatable bonds is 3. The van der Waals surface area contributed by atoms with Crippen molar-refractivity contribution in [1.29, 1.82) is 0 Å². The highest BCUT2D eigenvalue weighted by Crippen LogP contribution is 2.31. The van der Waals surface area contributed by atoms with Gasteiger partial charge in [0.05, 0.1) is 4.88 Å². The molecule has 1 aromatic carbocycles. The quantitative estimate of drug-likeness (QED) is 0.943. The number of hydrogen-bond acceptors (Lipinski definition) is 3. The van der Waals surface area contributed by atoms with Gasteiger partial charge in [-0.25, -0.2) is 0 Å². The third-order valence-electron chi connectivity index (χ3n) is 4.63. The van der Waals surface area contributed by atoms with Crippen molar-refractivity contribution in [1.82, 2.24) is 4.90 Å². The number of fused-ring (bicyclic) bond motifs is 1. The summed E-state index contributed by atoms with van der Waals surface area (Å²) >= 11 is 1.58. The molecule has 1 amide bonds. The lowest BCUT2D eigenvalue weighted by Crippen LogP contribution is -2.45. The number of carbonyl (C=O) groups is 1. The summed E-state index contributed by atoms with van der Waals surface area (Å²) in [6.07, 6.45) is 4.66. The lowest BCUT2D eigenvalue weighted by Gasteiger charge is -2.37. The van der Waals surface area contributed by atoms with Gasteiger partial charge < -0.3 is 10.6 Å². The minimum absolute atomic E-state index is 0.140. The van der Waals surface area contributed by atoms with Crippen LogP contribution in [0.25, 0.3) is 10.1 Å². The Balaban J connectivity index is 1.83. The van der Waals surface area contributed by atoms with E-state index in [-0.39, 0.29) is 5.91 Å². The van der Waals surface area contributed by atoms with E-state index in [4.69, 9.17) is 5.73 Å². The van der Waals surface area contributed by atoms with Crippen LogP contribution in [-0.4, -0.2) is 30.4 Å². The summed E-state index contributed by atoms with van der Waals surface area (Å²) in [7, 11) is 1.94. The molecule has 1 aliphatic rings. The van der Waals surface area contributed by atoms with E-state index < -0.39 is 0 Å². The van der Waals surface area contributed by atoms with Gasteiger partial charge in [-0.3, -0.25) is 4.79 Å². The third kappa shape index (κ3) is 2.83. The Labute approximate surface area is 129 Å². The molecule has 1 saturated carbocycles. The van der Waals surface area contributed by atoms with Crippen LogP contribution in [0, 0.1) is 5.92 Å². The normalized spacial score (nSPS) is 22.4. The fourth-order valence-corrected chi connectivity index (χ4v) is 4.43. The van der Waals surface area contributed by atoms with Crippen molar-refractivity contribution in [3.8, 4) is 0 Å². The first-order valence-corrected chi connectivity index (χ1v) is 8.48. The number of nitrogens with zero attached hydrogens (tertiary/aromatic N) is 1. The minimum Gasteiger partial charge on any atom is -0.338 e. The highest BCUT2D eigenvalue weighted by atomic mass is 32.1. The second kappa shape index (κ2) is 6.16.